The van der Waals surface area contributed by atoms with Gasteiger partial charge in [0.2, 0.25) is 10.9 Å². The highest BCUT2D eigenvalue weighted by atomic mass is 32.1. The zero-order valence-electron chi connectivity index (χ0n) is 23.7. The van der Waals surface area contributed by atoms with Crippen LogP contribution in [-0.2, 0) is 23.9 Å². The predicted octanol–water partition coefficient (Wildman–Crippen LogP) is 6.71. The minimum Gasteiger partial charge on any atom is -0.478 e. The van der Waals surface area contributed by atoms with Gasteiger partial charge in [-0.3, -0.25) is 0 Å². The van der Waals surface area contributed by atoms with E-state index in [0.29, 0.717) is 41.4 Å². The van der Waals surface area contributed by atoms with E-state index in [1.807, 2.05) is 18.4 Å². The van der Waals surface area contributed by atoms with Gasteiger partial charge in [0.15, 0.2) is 5.01 Å². The van der Waals surface area contributed by atoms with Crippen LogP contribution in [0.25, 0.3) is 22.3 Å². The summed E-state index contributed by atoms with van der Waals surface area (Å²) in [6, 6.07) is 10.7. The summed E-state index contributed by atoms with van der Waals surface area (Å²) in [5, 5.41) is 15.0. The van der Waals surface area contributed by atoms with E-state index in [4.69, 9.17) is 9.47 Å². The average Bonchev–Trinajstić information content (AvgIpc) is 3.69. The maximum Gasteiger partial charge on any atom is 0.445 e. The van der Waals surface area contributed by atoms with Crippen LogP contribution in [0.2, 0.25) is 0 Å². The molecule has 0 aliphatic carbocycles. The number of carboxylic acids is 1. The number of fused-ring (bicyclic) bond motifs is 1. The number of ether oxygens (including phenoxy) is 2. The van der Waals surface area contributed by atoms with E-state index in [-0.39, 0.29) is 57.8 Å². The predicted molar refractivity (Wildman–Crippen MR) is 152 cm³/mol. The molecule has 5 aromatic rings. The number of aromatic carboxylic acids is 1. The van der Waals surface area contributed by atoms with Crippen molar-refractivity contribution in [1.29, 1.82) is 0 Å². The molecule has 4 heterocycles. The summed E-state index contributed by atoms with van der Waals surface area (Å²) in [5.41, 5.74) is 0.706. The van der Waals surface area contributed by atoms with Crippen molar-refractivity contribution < 1.29 is 41.3 Å². The number of hydrogen-bond acceptors (Lipinski definition) is 8. The molecule has 15 heteroatoms. The van der Waals surface area contributed by atoms with Crippen molar-refractivity contribution >= 4 is 28.3 Å². The molecule has 0 spiro atoms. The van der Waals surface area contributed by atoms with Gasteiger partial charge in [-0.15, -0.1) is 10.2 Å². The molecular formula is C30H24F5N5O4S. The van der Waals surface area contributed by atoms with Gasteiger partial charge in [0.1, 0.15) is 24.1 Å². The smallest absolute Gasteiger partial charge is 0.445 e. The monoisotopic (exact) mass is 645 g/mol. The van der Waals surface area contributed by atoms with Crippen molar-refractivity contribution in [3.63, 3.8) is 0 Å². The molecule has 1 aliphatic rings. The minimum absolute atomic E-state index is 0.0205. The number of rotatable bonds is 8. The molecule has 1 aliphatic heterocycles. The molecule has 1 N–H and O–H groups in total. The molecule has 0 radical (unpaired) electrons. The maximum absolute atomic E-state index is 15.6. The Morgan fingerprint density at radius 2 is 1.91 bits per heavy atom. The van der Waals surface area contributed by atoms with Crippen LogP contribution in [0.4, 0.5) is 22.0 Å². The lowest BCUT2D eigenvalue weighted by Gasteiger charge is -2.28. The molecule has 1 saturated heterocycles. The summed E-state index contributed by atoms with van der Waals surface area (Å²) >= 11 is 0.329. The van der Waals surface area contributed by atoms with Crippen LogP contribution in [0.5, 0.6) is 5.88 Å². The summed E-state index contributed by atoms with van der Waals surface area (Å²) in [7, 11) is 0. The van der Waals surface area contributed by atoms with Crippen LogP contribution in [0.1, 0.15) is 51.7 Å². The van der Waals surface area contributed by atoms with Gasteiger partial charge >= 0.3 is 12.1 Å². The van der Waals surface area contributed by atoms with E-state index in [1.165, 1.54) is 30.3 Å². The van der Waals surface area contributed by atoms with Crippen LogP contribution in [0, 0.1) is 17.0 Å². The first-order valence-corrected chi connectivity index (χ1v) is 14.4. The molecule has 1 fully saturated rings. The topological polar surface area (TPSA) is 112 Å². The Bertz CT molecular complexity index is 1920. The molecule has 2 aromatic carbocycles. The van der Waals surface area contributed by atoms with E-state index in [0.717, 1.165) is 12.1 Å². The number of hydrogen-bond donors (Lipinski definition) is 1. The van der Waals surface area contributed by atoms with Crippen molar-refractivity contribution in [3.05, 3.63) is 87.1 Å². The lowest BCUT2D eigenvalue weighted by Crippen LogP contribution is -2.27. The number of carboxylic acid groups (broad SMARTS) is 1. The Labute approximate surface area is 256 Å². The Hall–Kier alpha value is -4.50. The van der Waals surface area contributed by atoms with Crippen LogP contribution in [-0.4, -0.2) is 49.0 Å². The molecule has 6 rings (SSSR count). The fourth-order valence-corrected chi connectivity index (χ4v) is 5.85. The third-order valence-electron chi connectivity index (χ3n) is 7.51. The van der Waals surface area contributed by atoms with Crippen LogP contribution in [0.15, 0.2) is 48.5 Å². The van der Waals surface area contributed by atoms with Crippen molar-refractivity contribution in [1.82, 2.24) is 24.7 Å². The van der Waals surface area contributed by atoms with Crippen molar-refractivity contribution in [2.75, 3.05) is 13.2 Å². The zero-order valence-corrected chi connectivity index (χ0v) is 24.5. The quantitative estimate of drug-likeness (QED) is 0.185. The number of imidazole rings is 1. The van der Waals surface area contributed by atoms with E-state index >= 15 is 8.78 Å². The van der Waals surface area contributed by atoms with E-state index in [9.17, 15) is 23.1 Å². The van der Waals surface area contributed by atoms with Gasteiger partial charge in [0.05, 0.1) is 41.5 Å². The molecule has 0 saturated carbocycles. The third kappa shape index (κ3) is 6.09. The summed E-state index contributed by atoms with van der Waals surface area (Å²) < 4.78 is 82.5. The van der Waals surface area contributed by atoms with Gasteiger partial charge < -0.3 is 19.1 Å². The van der Waals surface area contributed by atoms with Gasteiger partial charge in [0, 0.05) is 23.5 Å². The number of carbonyl (C=O) groups is 1. The molecule has 1 atom stereocenters. The van der Waals surface area contributed by atoms with Gasteiger partial charge in [-0.2, -0.15) is 13.2 Å². The highest BCUT2D eigenvalue weighted by Gasteiger charge is 2.39. The van der Waals surface area contributed by atoms with E-state index < -0.39 is 28.8 Å². The van der Waals surface area contributed by atoms with Crippen molar-refractivity contribution in [3.8, 4) is 17.1 Å². The molecule has 234 valence electrons. The molecular weight excluding hydrogens is 621 g/mol. The van der Waals surface area contributed by atoms with E-state index in [2.05, 4.69) is 20.2 Å². The van der Waals surface area contributed by atoms with E-state index in [1.54, 1.807) is 6.07 Å². The van der Waals surface area contributed by atoms with Crippen molar-refractivity contribution in [2.45, 2.75) is 39.1 Å². The first-order valence-electron chi connectivity index (χ1n) is 13.6. The standard InChI is InChI=1S/C30H24F5N5O4S/c1-29(2)14-43-12-23(29)40-22-9-15(27(41)42)6-7-21(22)36-24(40)10-16-8-19(32)17(11-18(16)31)20-4-3-5-25(37-20)44-13-26-38-39-28(45-26)30(33,34)35/h3-9,11,23H,10,12-14H2,1-2H3,(H,41,42)/t23-/m1/s1. The lowest BCUT2D eigenvalue weighted by molar-refractivity contribution is -0.138. The summed E-state index contributed by atoms with van der Waals surface area (Å²) in [4.78, 5) is 20.5. The Morgan fingerprint density at radius 3 is 2.60 bits per heavy atom. The number of pyridine rings is 1. The van der Waals surface area contributed by atoms with Gasteiger partial charge in [-0.05, 0) is 42.0 Å². The van der Waals surface area contributed by atoms with Crippen LogP contribution < -0.4 is 4.74 Å². The SMILES string of the molecule is CC1(C)COC[C@H]1n1c(Cc2cc(F)c(-c3cccc(OCc4nnc(C(F)(F)F)s4)n3)cc2F)nc2ccc(C(=O)O)cc21. The highest BCUT2D eigenvalue weighted by molar-refractivity contribution is 7.11. The fraction of sp³-hybridized carbons (Fsp3) is 0.300. The number of halogens is 5. The summed E-state index contributed by atoms with van der Waals surface area (Å²) in [6.07, 6.45) is -4.72. The first-order chi connectivity index (χ1) is 21.3. The van der Waals surface area contributed by atoms with Gasteiger partial charge in [-0.1, -0.05) is 31.3 Å². The van der Waals surface area contributed by atoms with Gasteiger partial charge in [0.25, 0.3) is 0 Å². The lowest BCUT2D eigenvalue weighted by atomic mass is 9.87. The Balaban J connectivity index is 1.29. The number of benzene rings is 2. The maximum atomic E-state index is 15.6. The number of alkyl halides is 3. The van der Waals surface area contributed by atoms with Gasteiger partial charge in [-0.25, -0.2) is 23.5 Å². The largest absolute Gasteiger partial charge is 0.478 e. The molecule has 3 aromatic heterocycles. The second-order valence-electron chi connectivity index (χ2n) is 11.2. The highest BCUT2D eigenvalue weighted by Crippen LogP contribution is 2.41. The van der Waals surface area contributed by atoms with Crippen LogP contribution >= 0.6 is 11.3 Å². The zero-order chi connectivity index (χ0) is 32.1. The Morgan fingerprint density at radius 1 is 1.11 bits per heavy atom. The molecule has 45 heavy (non-hydrogen) atoms. The number of aromatic nitrogens is 5. The third-order valence-corrected chi connectivity index (χ3v) is 8.45. The molecule has 0 unspecified atom stereocenters. The Kier molecular flexibility index (Phi) is 7.77. The normalized spacial score (nSPS) is 16.4. The number of nitrogens with zero attached hydrogens (tertiary/aromatic N) is 5. The second-order valence-corrected chi connectivity index (χ2v) is 12.2. The van der Waals surface area contributed by atoms with Crippen molar-refractivity contribution in [2.24, 2.45) is 5.41 Å². The fourth-order valence-electron chi connectivity index (χ4n) is 5.23. The molecule has 0 bridgehead atoms. The molecule has 9 nitrogen and oxygen atoms in total. The van der Waals surface area contributed by atoms with Crippen LogP contribution in [0.3, 0.4) is 0 Å². The summed E-state index contributed by atoms with van der Waals surface area (Å²) in [6.45, 7) is 4.46. The second kappa shape index (κ2) is 11.5. The average molecular weight is 646 g/mol. The first kappa shape index (κ1) is 30.5. The molecule has 0 amide bonds. The summed E-state index contributed by atoms with van der Waals surface area (Å²) in [5.74, 6) is -2.21. The minimum atomic E-state index is -4.63.